The molecule has 2 heterocycles. The molecule has 2 aromatic carbocycles. The molecule has 0 bridgehead atoms. The lowest BCUT2D eigenvalue weighted by atomic mass is 9.70. The van der Waals surface area contributed by atoms with Crippen LogP contribution in [0.4, 0.5) is 13.2 Å². The first-order valence-electron chi connectivity index (χ1n) is 11.8. The second kappa shape index (κ2) is 7.89. The van der Waals surface area contributed by atoms with Crippen molar-refractivity contribution in [2.75, 3.05) is 6.54 Å². The van der Waals surface area contributed by atoms with Gasteiger partial charge in [0.05, 0.1) is 29.7 Å². The Morgan fingerprint density at radius 3 is 2.67 bits per heavy atom. The summed E-state index contributed by atoms with van der Waals surface area (Å²) in [6.07, 6.45) is 3.49. The van der Waals surface area contributed by atoms with Crippen molar-refractivity contribution in [3.63, 3.8) is 0 Å². The van der Waals surface area contributed by atoms with Crippen molar-refractivity contribution < 1.29 is 18.0 Å². The second-order valence-corrected chi connectivity index (χ2v) is 9.90. The molecule has 2 aliphatic carbocycles. The lowest BCUT2D eigenvalue weighted by molar-refractivity contribution is -0.139. The normalized spacial score (nSPS) is 31.1. The predicted molar refractivity (Wildman–Crippen MR) is 118 cm³/mol. The van der Waals surface area contributed by atoms with Gasteiger partial charge in [-0.3, -0.25) is 9.48 Å². The standard InChI is InChI=1S/C26H26F3N3O/c27-17-4-1-3-15(9-17)25-11-18(28)14-31(25)26(33)21-10-16(19-7-8-20(19)21)13-32-24-6-2-5-23(29)22(24)12-30-32/h1-6,9,12,16,18-21,25H,7-8,10-11,13-14H2/t16?,18?,19?,20?,21-,25?/m0/s1. The van der Waals surface area contributed by atoms with Crippen LogP contribution in [0.15, 0.2) is 48.7 Å². The maximum absolute atomic E-state index is 14.4. The first-order chi connectivity index (χ1) is 16.0. The molecular weight excluding hydrogens is 427 g/mol. The van der Waals surface area contributed by atoms with Gasteiger partial charge >= 0.3 is 0 Å². The van der Waals surface area contributed by atoms with E-state index in [0.717, 1.165) is 24.8 Å². The fourth-order valence-electron chi connectivity index (χ4n) is 6.51. The molecule has 2 saturated carbocycles. The third kappa shape index (κ3) is 3.44. The number of carbonyl (C=O) groups is 1. The highest BCUT2D eigenvalue weighted by Crippen LogP contribution is 2.55. The SMILES string of the molecule is O=C([C@H]1CC(Cn2ncc3c(F)cccc32)C2CCC21)N1CC(F)CC1c1cccc(F)c1. The van der Waals surface area contributed by atoms with Crippen molar-refractivity contribution in [2.45, 2.75) is 44.4 Å². The van der Waals surface area contributed by atoms with Gasteiger partial charge in [0.1, 0.15) is 17.8 Å². The molecule has 1 amide bonds. The highest BCUT2D eigenvalue weighted by Gasteiger charge is 2.53. The van der Waals surface area contributed by atoms with Crippen LogP contribution in [-0.4, -0.2) is 33.3 Å². The summed E-state index contributed by atoms with van der Waals surface area (Å²) in [6.45, 7) is 0.721. The average molecular weight is 454 g/mol. The average Bonchev–Trinajstić information content (AvgIpc) is 3.42. The number of amides is 1. The quantitative estimate of drug-likeness (QED) is 0.539. The Balaban J connectivity index is 1.23. The van der Waals surface area contributed by atoms with Gasteiger partial charge in [-0.05, 0) is 66.8 Å². The Morgan fingerprint density at radius 2 is 1.88 bits per heavy atom. The van der Waals surface area contributed by atoms with Gasteiger partial charge in [0, 0.05) is 18.9 Å². The Hall–Kier alpha value is -2.83. The number of benzene rings is 2. The third-order valence-corrected chi connectivity index (χ3v) is 8.19. The van der Waals surface area contributed by atoms with Crippen molar-refractivity contribution in [3.05, 3.63) is 65.9 Å². The molecule has 33 heavy (non-hydrogen) atoms. The van der Waals surface area contributed by atoms with Crippen molar-refractivity contribution in [1.82, 2.24) is 14.7 Å². The van der Waals surface area contributed by atoms with Crippen LogP contribution in [0, 0.1) is 35.3 Å². The number of rotatable bonds is 4. The van der Waals surface area contributed by atoms with E-state index >= 15 is 0 Å². The van der Waals surface area contributed by atoms with Gasteiger partial charge in [-0.15, -0.1) is 0 Å². The molecule has 5 unspecified atom stereocenters. The van der Waals surface area contributed by atoms with E-state index in [0.29, 0.717) is 29.3 Å². The number of carbonyl (C=O) groups excluding carboxylic acids is 1. The van der Waals surface area contributed by atoms with Crippen LogP contribution in [-0.2, 0) is 11.3 Å². The zero-order valence-corrected chi connectivity index (χ0v) is 18.2. The Morgan fingerprint density at radius 1 is 1.06 bits per heavy atom. The largest absolute Gasteiger partial charge is 0.332 e. The number of alkyl halides is 1. The van der Waals surface area contributed by atoms with E-state index in [1.807, 2.05) is 10.7 Å². The lowest BCUT2D eigenvalue weighted by Crippen LogP contribution is -2.40. The summed E-state index contributed by atoms with van der Waals surface area (Å²) < 4.78 is 44.2. The van der Waals surface area contributed by atoms with E-state index in [1.165, 1.54) is 18.2 Å². The minimum absolute atomic E-state index is 0.00187. The van der Waals surface area contributed by atoms with E-state index in [9.17, 15) is 18.0 Å². The van der Waals surface area contributed by atoms with Gasteiger partial charge < -0.3 is 4.90 Å². The third-order valence-electron chi connectivity index (χ3n) is 8.19. The van der Waals surface area contributed by atoms with Gasteiger partial charge in [-0.2, -0.15) is 5.10 Å². The topological polar surface area (TPSA) is 38.1 Å². The smallest absolute Gasteiger partial charge is 0.226 e. The van der Waals surface area contributed by atoms with Gasteiger partial charge in [0.25, 0.3) is 0 Å². The first-order valence-corrected chi connectivity index (χ1v) is 11.8. The molecule has 7 heteroatoms. The second-order valence-electron chi connectivity index (χ2n) is 9.90. The van der Waals surface area contributed by atoms with Crippen LogP contribution in [0.1, 0.15) is 37.3 Å². The Bertz CT molecular complexity index is 1210. The molecule has 6 rings (SSSR count). The minimum Gasteiger partial charge on any atom is -0.332 e. The van der Waals surface area contributed by atoms with E-state index in [2.05, 4.69) is 5.10 Å². The fraction of sp³-hybridized carbons (Fsp3) is 0.462. The van der Waals surface area contributed by atoms with E-state index in [-0.39, 0.29) is 42.3 Å². The van der Waals surface area contributed by atoms with Crippen molar-refractivity contribution >= 4 is 16.8 Å². The summed E-state index contributed by atoms with van der Waals surface area (Å²) >= 11 is 0. The van der Waals surface area contributed by atoms with E-state index in [4.69, 9.17) is 0 Å². The predicted octanol–water partition coefficient (Wildman–Crippen LogP) is 5.29. The van der Waals surface area contributed by atoms with Crippen molar-refractivity contribution in [3.8, 4) is 0 Å². The van der Waals surface area contributed by atoms with Crippen molar-refractivity contribution in [2.24, 2.45) is 23.7 Å². The molecule has 1 aliphatic heterocycles. The maximum Gasteiger partial charge on any atom is 0.226 e. The molecule has 1 saturated heterocycles. The molecule has 3 aromatic rings. The molecule has 0 spiro atoms. The van der Waals surface area contributed by atoms with Crippen LogP contribution in [0.2, 0.25) is 0 Å². The Labute approximate surface area is 190 Å². The van der Waals surface area contributed by atoms with Crippen LogP contribution >= 0.6 is 0 Å². The van der Waals surface area contributed by atoms with Gasteiger partial charge in [0.2, 0.25) is 5.91 Å². The maximum atomic E-state index is 14.4. The summed E-state index contributed by atoms with van der Waals surface area (Å²) in [5.41, 5.74) is 1.43. The molecule has 4 nitrogen and oxygen atoms in total. The van der Waals surface area contributed by atoms with Crippen LogP contribution < -0.4 is 0 Å². The minimum atomic E-state index is -1.10. The summed E-state index contributed by atoms with van der Waals surface area (Å²) in [6, 6.07) is 10.7. The summed E-state index contributed by atoms with van der Waals surface area (Å²) in [5, 5.41) is 4.93. The Kier molecular flexibility index (Phi) is 4.96. The van der Waals surface area contributed by atoms with Crippen LogP contribution in [0.25, 0.3) is 10.9 Å². The number of nitrogens with zero attached hydrogens (tertiary/aromatic N) is 3. The van der Waals surface area contributed by atoms with E-state index in [1.54, 1.807) is 29.3 Å². The number of hydrogen-bond acceptors (Lipinski definition) is 2. The molecule has 172 valence electrons. The number of halogens is 3. The van der Waals surface area contributed by atoms with Crippen molar-refractivity contribution in [1.29, 1.82) is 0 Å². The summed E-state index contributed by atoms with van der Waals surface area (Å²) in [4.78, 5) is 15.3. The fourth-order valence-corrected chi connectivity index (χ4v) is 6.51. The molecule has 3 aliphatic rings. The highest BCUT2D eigenvalue weighted by atomic mass is 19.1. The van der Waals surface area contributed by atoms with Gasteiger partial charge in [-0.1, -0.05) is 18.2 Å². The zero-order valence-electron chi connectivity index (χ0n) is 18.2. The first kappa shape index (κ1) is 20.8. The summed E-state index contributed by atoms with van der Waals surface area (Å²) in [7, 11) is 0. The lowest BCUT2D eigenvalue weighted by Gasteiger charge is -2.37. The zero-order chi connectivity index (χ0) is 22.7. The monoisotopic (exact) mass is 453 g/mol. The number of likely N-dealkylation sites (tertiary alicyclic amines) is 1. The van der Waals surface area contributed by atoms with E-state index < -0.39 is 12.2 Å². The number of aromatic nitrogens is 2. The molecule has 0 N–H and O–H groups in total. The molecule has 1 aromatic heterocycles. The van der Waals surface area contributed by atoms with Gasteiger partial charge in [0.15, 0.2) is 0 Å². The molecule has 3 fully saturated rings. The molecular formula is C26H26F3N3O. The number of hydrogen-bond donors (Lipinski definition) is 0. The highest BCUT2D eigenvalue weighted by molar-refractivity contribution is 5.81. The summed E-state index contributed by atoms with van der Waals surface area (Å²) in [5.74, 6) is 0.214. The van der Waals surface area contributed by atoms with Crippen LogP contribution in [0.5, 0.6) is 0 Å². The van der Waals surface area contributed by atoms with Gasteiger partial charge in [-0.25, -0.2) is 13.2 Å². The molecule has 6 atom stereocenters. The van der Waals surface area contributed by atoms with Crippen LogP contribution in [0.3, 0.4) is 0 Å². The molecule has 0 radical (unpaired) electrons. The number of fused-ring (bicyclic) bond motifs is 2.